The van der Waals surface area contributed by atoms with Crippen molar-refractivity contribution < 1.29 is 9.56 Å². The van der Waals surface area contributed by atoms with E-state index in [1.165, 1.54) is 0 Å². The van der Waals surface area contributed by atoms with Crippen molar-refractivity contribution in [2.75, 3.05) is 6.61 Å². The van der Waals surface area contributed by atoms with Gasteiger partial charge in [-0.05, 0) is 18.6 Å². The third kappa shape index (κ3) is 2.03. The molecular formula is C4H7O2P. The fourth-order valence-electron chi connectivity index (χ4n) is 0.384. The van der Waals surface area contributed by atoms with E-state index in [9.17, 15) is 0 Å². The molecular weight excluding hydrogens is 111 g/mol. The molecule has 0 N–H and O–H groups in total. The molecule has 1 aliphatic rings. The molecule has 0 saturated heterocycles. The predicted octanol–water partition coefficient (Wildman–Crippen LogP) is 1.39. The lowest BCUT2D eigenvalue weighted by molar-refractivity contribution is -0.192. The standard InChI is InChI=1S/C4H7O2P/c1-2-4-7-6-5-3-1/h4H,1-3H2. The fraction of sp³-hybridized carbons (Fsp3) is 0.750. The van der Waals surface area contributed by atoms with Crippen molar-refractivity contribution in [3.05, 3.63) is 0 Å². The Kier molecular flexibility index (Phi) is 2.35. The smallest absolute Gasteiger partial charge is 0.0948 e. The minimum Gasteiger partial charge on any atom is -0.228 e. The van der Waals surface area contributed by atoms with Crippen LogP contribution >= 0.6 is 8.43 Å². The van der Waals surface area contributed by atoms with Gasteiger partial charge in [0.15, 0.2) is 0 Å². The van der Waals surface area contributed by atoms with Crippen molar-refractivity contribution in [2.45, 2.75) is 12.8 Å². The van der Waals surface area contributed by atoms with Crippen molar-refractivity contribution >= 4 is 14.2 Å². The first-order chi connectivity index (χ1) is 3.50. The fourth-order valence-corrected chi connectivity index (χ4v) is 0.869. The lowest BCUT2D eigenvalue weighted by Gasteiger charge is -1.88. The minimum atomic E-state index is 0.740. The molecule has 0 aromatic heterocycles. The molecule has 0 fully saturated rings. The first kappa shape index (κ1) is 5.23. The van der Waals surface area contributed by atoms with Gasteiger partial charge < -0.3 is 0 Å². The molecule has 2 nitrogen and oxygen atoms in total. The summed E-state index contributed by atoms with van der Waals surface area (Å²) in [4.78, 5) is 4.65. The zero-order valence-electron chi connectivity index (χ0n) is 3.96. The molecule has 0 aliphatic carbocycles. The van der Waals surface area contributed by atoms with E-state index in [0.717, 1.165) is 27.9 Å². The van der Waals surface area contributed by atoms with E-state index in [-0.39, 0.29) is 0 Å². The van der Waals surface area contributed by atoms with Crippen LogP contribution < -0.4 is 0 Å². The van der Waals surface area contributed by atoms with E-state index in [1.54, 1.807) is 0 Å². The molecule has 0 aromatic rings. The maximum absolute atomic E-state index is 4.65. The minimum absolute atomic E-state index is 0.740. The Morgan fingerprint density at radius 1 is 1.57 bits per heavy atom. The monoisotopic (exact) mass is 118 g/mol. The number of hydrogen-bond acceptors (Lipinski definition) is 2. The van der Waals surface area contributed by atoms with Gasteiger partial charge in [-0.1, -0.05) is 0 Å². The van der Waals surface area contributed by atoms with Crippen LogP contribution in [0.4, 0.5) is 0 Å². The lowest BCUT2D eigenvalue weighted by Crippen LogP contribution is -1.85. The predicted molar refractivity (Wildman–Crippen MR) is 29.3 cm³/mol. The Bertz CT molecular complexity index is 64.1. The quantitative estimate of drug-likeness (QED) is 0.353. The Morgan fingerprint density at radius 2 is 2.57 bits per heavy atom. The van der Waals surface area contributed by atoms with Crippen LogP contribution in [0.3, 0.4) is 0 Å². The molecule has 1 heterocycles. The van der Waals surface area contributed by atoms with E-state index >= 15 is 0 Å². The topological polar surface area (TPSA) is 18.5 Å². The molecule has 0 aromatic carbocycles. The second kappa shape index (κ2) is 3.14. The van der Waals surface area contributed by atoms with Crippen LogP contribution in [-0.4, -0.2) is 12.4 Å². The summed E-state index contributed by atoms with van der Waals surface area (Å²) in [7, 11) is 0.858. The zero-order valence-corrected chi connectivity index (χ0v) is 4.86. The van der Waals surface area contributed by atoms with E-state index in [2.05, 4.69) is 9.56 Å². The lowest BCUT2D eigenvalue weighted by atomic mass is 10.4. The van der Waals surface area contributed by atoms with E-state index in [0.29, 0.717) is 0 Å². The van der Waals surface area contributed by atoms with Gasteiger partial charge in [0.2, 0.25) is 0 Å². The zero-order chi connectivity index (χ0) is 4.95. The summed E-state index contributed by atoms with van der Waals surface area (Å²) < 4.78 is 4.61. The van der Waals surface area contributed by atoms with Gasteiger partial charge in [-0.15, -0.1) is 0 Å². The average Bonchev–Trinajstić information content (AvgIpc) is 1.90. The van der Waals surface area contributed by atoms with E-state index < -0.39 is 0 Å². The highest BCUT2D eigenvalue weighted by Crippen LogP contribution is 2.05. The highest BCUT2D eigenvalue weighted by atomic mass is 31.1. The van der Waals surface area contributed by atoms with Crippen LogP contribution in [0.1, 0.15) is 12.8 Å². The second-order valence-electron chi connectivity index (χ2n) is 1.33. The van der Waals surface area contributed by atoms with Gasteiger partial charge in [-0.25, -0.2) is 4.89 Å². The van der Waals surface area contributed by atoms with Crippen LogP contribution in [0.15, 0.2) is 0 Å². The van der Waals surface area contributed by atoms with Gasteiger partial charge in [0.1, 0.15) is 0 Å². The normalized spacial score (nSPS) is 24.0. The van der Waals surface area contributed by atoms with Gasteiger partial charge in [0.25, 0.3) is 0 Å². The third-order valence-electron chi connectivity index (χ3n) is 0.731. The first-order valence-corrected chi connectivity index (χ1v) is 3.19. The molecule has 7 heavy (non-hydrogen) atoms. The maximum Gasteiger partial charge on any atom is 0.0948 e. The molecule has 0 bridgehead atoms. The molecule has 1 rings (SSSR count). The molecule has 0 atom stereocenters. The Balaban J connectivity index is 2.20. The first-order valence-electron chi connectivity index (χ1n) is 2.30. The van der Waals surface area contributed by atoms with Crippen LogP contribution in [0.2, 0.25) is 0 Å². The third-order valence-corrected chi connectivity index (χ3v) is 1.33. The van der Waals surface area contributed by atoms with Crippen LogP contribution in [0.5, 0.6) is 0 Å². The Labute approximate surface area is 44.2 Å². The molecule has 0 unspecified atom stereocenters. The van der Waals surface area contributed by atoms with Crippen molar-refractivity contribution in [2.24, 2.45) is 0 Å². The summed E-state index contributed by atoms with van der Waals surface area (Å²) >= 11 is 0. The van der Waals surface area contributed by atoms with Crippen LogP contribution in [-0.2, 0) is 9.56 Å². The summed E-state index contributed by atoms with van der Waals surface area (Å²) in [6, 6.07) is 0. The van der Waals surface area contributed by atoms with Gasteiger partial charge in [-0.3, -0.25) is 0 Å². The van der Waals surface area contributed by atoms with Crippen molar-refractivity contribution in [3.8, 4) is 0 Å². The molecule has 1 aliphatic heterocycles. The van der Waals surface area contributed by atoms with Gasteiger partial charge in [0.05, 0.1) is 15.0 Å². The number of rotatable bonds is 0. The highest BCUT2D eigenvalue weighted by Gasteiger charge is 1.89. The highest BCUT2D eigenvalue weighted by molar-refractivity contribution is 7.32. The van der Waals surface area contributed by atoms with Gasteiger partial charge in [-0.2, -0.15) is 4.67 Å². The second-order valence-corrected chi connectivity index (χ2v) is 2.05. The molecule has 0 radical (unpaired) electrons. The maximum atomic E-state index is 4.65. The summed E-state index contributed by atoms with van der Waals surface area (Å²) in [5.74, 6) is 2.05. The molecule has 0 amide bonds. The van der Waals surface area contributed by atoms with E-state index in [4.69, 9.17) is 0 Å². The molecule has 3 heteroatoms. The number of hydrogen-bond donors (Lipinski definition) is 0. The average molecular weight is 118 g/mol. The van der Waals surface area contributed by atoms with Crippen molar-refractivity contribution in [1.29, 1.82) is 0 Å². The summed E-state index contributed by atoms with van der Waals surface area (Å²) in [6.07, 6.45) is 2.20. The van der Waals surface area contributed by atoms with Crippen LogP contribution in [0.25, 0.3) is 0 Å². The largest absolute Gasteiger partial charge is 0.228 e. The Hall–Kier alpha value is 0.0900. The van der Waals surface area contributed by atoms with Gasteiger partial charge >= 0.3 is 0 Å². The summed E-state index contributed by atoms with van der Waals surface area (Å²) in [5, 5.41) is 0. The Morgan fingerprint density at radius 3 is 3.57 bits per heavy atom. The van der Waals surface area contributed by atoms with Crippen LogP contribution in [0, 0.1) is 0 Å². The van der Waals surface area contributed by atoms with Crippen molar-refractivity contribution in [3.63, 3.8) is 0 Å². The van der Waals surface area contributed by atoms with Crippen molar-refractivity contribution in [1.82, 2.24) is 0 Å². The summed E-state index contributed by atoms with van der Waals surface area (Å²) in [5.41, 5.74) is 0. The summed E-state index contributed by atoms with van der Waals surface area (Å²) in [6.45, 7) is 0.740. The molecule has 0 saturated carbocycles. The molecule has 40 valence electrons. The SMILES string of the molecule is C1=POOCCC1. The van der Waals surface area contributed by atoms with E-state index in [1.807, 2.05) is 5.80 Å². The van der Waals surface area contributed by atoms with Gasteiger partial charge in [0, 0.05) is 0 Å². The molecule has 0 spiro atoms.